The average Bonchev–Trinajstić information content (AvgIpc) is 2.49. The van der Waals surface area contributed by atoms with Crippen LogP contribution in [0.1, 0.15) is 25.0 Å². The molecular formula is C16H17Cl2FO3. The molecule has 0 heterocycles. The largest absolute Gasteiger partial charge is 0.496 e. The number of halogens is 3. The second-order valence-corrected chi connectivity index (χ2v) is 5.25. The van der Waals surface area contributed by atoms with Crippen LogP contribution in [0.2, 0.25) is 10.0 Å². The van der Waals surface area contributed by atoms with Gasteiger partial charge in [-0.05, 0) is 32.4 Å². The number of esters is 1. The molecular weight excluding hydrogens is 330 g/mol. The van der Waals surface area contributed by atoms with E-state index < -0.39 is 11.8 Å². The van der Waals surface area contributed by atoms with Gasteiger partial charge in [0, 0.05) is 11.1 Å². The van der Waals surface area contributed by atoms with E-state index in [1.807, 2.05) is 0 Å². The molecule has 0 saturated heterocycles. The molecule has 0 N–H and O–H groups in total. The maximum atomic E-state index is 13.7. The fourth-order valence-electron chi connectivity index (χ4n) is 1.72. The Labute approximate surface area is 139 Å². The second kappa shape index (κ2) is 8.20. The van der Waals surface area contributed by atoms with Crippen LogP contribution in [-0.2, 0) is 9.53 Å². The van der Waals surface area contributed by atoms with E-state index in [4.69, 9.17) is 27.9 Å². The normalized spacial score (nSPS) is 12.3. The lowest BCUT2D eigenvalue weighted by molar-refractivity contribution is -0.140. The van der Waals surface area contributed by atoms with Gasteiger partial charge in [-0.2, -0.15) is 4.39 Å². The molecule has 0 aromatic heterocycles. The summed E-state index contributed by atoms with van der Waals surface area (Å²) in [5.74, 6) is -1.37. The molecule has 0 radical (unpaired) electrons. The maximum Gasteiger partial charge on any atom is 0.367 e. The molecule has 0 aliphatic carbocycles. The van der Waals surface area contributed by atoms with Gasteiger partial charge in [-0.15, -0.1) is 0 Å². The third-order valence-corrected chi connectivity index (χ3v) is 3.77. The fourth-order valence-corrected chi connectivity index (χ4v) is 2.28. The Bertz CT molecular complexity index is 637. The number of hydrogen-bond donors (Lipinski definition) is 0. The number of carbonyl (C=O) groups excluding carboxylic acids is 1. The van der Waals surface area contributed by atoms with Crippen molar-refractivity contribution in [3.63, 3.8) is 0 Å². The predicted octanol–water partition coefficient (Wildman–Crippen LogP) is 5.13. The molecule has 0 unspecified atom stereocenters. The standard InChI is InChI=1S/C16H17Cl2FO3/c1-5-22-16(20)15(19)9(2)6-7-11-12(17)8-13(21-4)10(3)14(11)18/h6-8H,5H2,1-4H3. The Morgan fingerprint density at radius 3 is 2.59 bits per heavy atom. The predicted molar refractivity (Wildman–Crippen MR) is 87.2 cm³/mol. The summed E-state index contributed by atoms with van der Waals surface area (Å²) in [4.78, 5) is 11.3. The van der Waals surface area contributed by atoms with Crippen molar-refractivity contribution in [3.8, 4) is 5.75 Å². The van der Waals surface area contributed by atoms with E-state index in [1.165, 1.54) is 20.1 Å². The van der Waals surface area contributed by atoms with E-state index in [0.717, 1.165) is 5.56 Å². The zero-order valence-electron chi connectivity index (χ0n) is 12.8. The zero-order valence-corrected chi connectivity index (χ0v) is 14.3. The van der Waals surface area contributed by atoms with Gasteiger partial charge in [-0.1, -0.05) is 35.4 Å². The molecule has 0 aliphatic rings. The van der Waals surface area contributed by atoms with Gasteiger partial charge in [0.2, 0.25) is 5.83 Å². The minimum atomic E-state index is -0.993. The van der Waals surface area contributed by atoms with Crippen LogP contribution >= 0.6 is 23.2 Å². The number of ether oxygens (including phenoxy) is 2. The van der Waals surface area contributed by atoms with Crippen molar-refractivity contribution in [2.24, 2.45) is 0 Å². The molecule has 0 amide bonds. The van der Waals surface area contributed by atoms with Crippen LogP contribution in [-0.4, -0.2) is 19.7 Å². The van der Waals surface area contributed by atoms with Crippen molar-refractivity contribution in [2.75, 3.05) is 13.7 Å². The molecule has 0 bridgehead atoms. The summed E-state index contributed by atoms with van der Waals surface area (Å²) in [6, 6.07) is 1.63. The monoisotopic (exact) mass is 346 g/mol. The van der Waals surface area contributed by atoms with Gasteiger partial charge in [-0.3, -0.25) is 0 Å². The smallest absolute Gasteiger partial charge is 0.367 e. The number of methoxy groups -OCH3 is 1. The highest BCUT2D eigenvalue weighted by Crippen LogP contribution is 2.35. The molecule has 22 heavy (non-hydrogen) atoms. The summed E-state index contributed by atoms with van der Waals surface area (Å²) in [6.07, 6.45) is 2.97. The minimum absolute atomic E-state index is 0.110. The van der Waals surface area contributed by atoms with Gasteiger partial charge in [0.1, 0.15) is 5.75 Å². The van der Waals surface area contributed by atoms with Crippen molar-refractivity contribution < 1.29 is 18.7 Å². The highest BCUT2D eigenvalue weighted by atomic mass is 35.5. The Morgan fingerprint density at radius 2 is 2.05 bits per heavy atom. The molecule has 0 atom stereocenters. The number of carbonyl (C=O) groups is 1. The molecule has 3 nitrogen and oxygen atoms in total. The van der Waals surface area contributed by atoms with Crippen LogP contribution in [0, 0.1) is 6.92 Å². The first-order valence-electron chi connectivity index (χ1n) is 6.57. The minimum Gasteiger partial charge on any atom is -0.496 e. The quantitative estimate of drug-likeness (QED) is 0.421. The molecule has 1 aromatic rings. The van der Waals surface area contributed by atoms with Crippen molar-refractivity contribution in [1.29, 1.82) is 0 Å². The Kier molecular flexibility index (Phi) is 6.91. The summed E-state index contributed by atoms with van der Waals surface area (Å²) < 4.78 is 23.5. The topological polar surface area (TPSA) is 35.5 Å². The van der Waals surface area contributed by atoms with Crippen LogP contribution in [0.15, 0.2) is 23.5 Å². The first-order chi connectivity index (χ1) is 10.3. The fraction of sp³-hybridized carbons (Fsp3) is 0.312. The van der Waals surface area contributed by atoms with Crippen LogP contribution in [0.5, 0.6) is 5.75 Å². The van der Waals surface area contributed by atoms with Gasteiger partial charge in [0.15, 0.2) is 0 Å². The second-order valence-electron chi connectivity index (χ2n) is 4.46. The lowest BCUT2D eigenvalue weighted by Gasteiger charge is -2.11. The maximum absolute atomic E-state index is 13.7. The summed E-state index contributed by atoms with van der Waals surface area (Å²) >= 11 is 12.4. The van der Waals surface area contributed by atoms with Crippen molar-refractivity contribution >= 4 is 35.2 Å². The molecule has 6 heteroatoms. The van der Waals surface area contributed by atoms with Gasteiger partial charge in [-0.25, -0.2) is 4.79 Å². The van der Waals surface area contributed by atoms with Crippen LogP contribution in [0.25, 0.3) is 6.08 Å². The third kappa shape index (κ3) is 4.24. The van der Waals surface area contributed by atoms with Crippen molar-refractivity contribution in [2.45, 2.75) is 20.8 Å². The molecule has 0 spiro atoms. The summed E-state index contributed by atoms with van der Waals surface area (Å²) in [5.41, 5.74) is 1.37. The lowest BCUT2D eigenvalue weighted by Crippen LogP contribution is -2.05. The van der Waals surface area contributed by atoms with Gasteiger partial charge >= 0.3 is 5.97 Å². The molecule has 120 valence electrons. The molecule has 0 fully saturated rings. The van der Waals surface area contributed by atoms with Crippen LogP contribution in [0.3, 0.4) is 0 Å². The third-order valence-electron chi connectivity index (χ3n) is 2.97. The first kappa shape index (κ1) is 18.5. The average molecular weight is 347 g/mol. The van der Waals surface area contributed by atoms with E-state index in [2.05, 4.69) is 4.74 Å². The molecule has 0 saturated carbocycles. The summed E-state index contributed by atoms with van der Waals surface area (Å²) in [5, 5.41) is 0.776. The highest BCUT2D eigenvalue weighted by Gasteiger charge is 2.14. The molecule has 0 aliphatic heterocycles. The van der Waals surface area contributed by atoms with Crippen molar-refractivity contribution in [3.05, 3.63) is 44.7 Å². The van der Waals surface area contributed by atoms with E-state index in [-0.39, 0.29) is 12.2 Å². The number of benzene rings is 1. The van der Waals surface area contributed by atoms with Crippen LogP contribution < -0.4 is 4.74 Å². The highest BCUT2D eigenvalue weighted by molar-refractivity contribution is 6.38. The molecule has 1 rings (SSSR count). The Balaban J connectivity index is 3.17. The van der Waals surface area contributed by atoms with Crippen molar-refractivity contribution in [1.82, 2.24) is 0 Å². The van der Waals surface area contributed by atoms with Crippen LogP contribution in [0.4, 0.5) is 4.39 Å². The molecule has 1 aromatic carbocycles. The number of allylic oxidation sites excluding steroid dienone is 2. The van der Waals surface area contributed by atoms with Gasteiger partial charge in [0.25, 0.3) is 0 Å². The SMILES string of the molecule is CCOC(=O)C(F)=C(C)C=Cc1c(Cl)cc(OC)c(C)c1Cl. The Hall–Kier alpha value is -1.52. The van der Waals surface area contributed by atoms with E-state index >= 15 is 0 Å². The summed E-state index contributed by atoms with van der Waals surface area (Å²) in [6.45, 7) is 4.96. The summed E-state index contributed by atoms with van der Waals surface area (Å²) in [7, 11) is 1.52. The lowest BCUT2D eigenvalue weighted by atomic mass is 10.1. The van der Waals surface area contributed by atoms with Gasteiger partial charge in [0.05, 0.1) is 23.8 Å². The first-order valence-corrected chi connectivity index (χ1v) is 7.33. The van der Waals surface area contributed by atoms with E-state index in [0.29, 0.717) is 21.4 Å². The zero-order chi connectivity index (χ0) is 16.9. The Morgan fingerprint density at radius 1 is 1.41 bits per heavy atom. The van der Waals surface area contributed by atoms with E-state index in [9.17, 15) is 9.18 Å². The van der Waals surface area contributed by atoms with Gasteiger partial charge < -0.3 is 9.47 Å². The number of hydrogen-bond acceptors (Lipinski definition) is 3. The van der Waals surface area contributed by atoms with E-state index in [1.54, 1.807) is 26.0 Å². The number of rotatable bonds is 5.